The number of Topliss-reactive ketones (excluding diaryl/α,β-unsaturated/α-hetero) is 1. The van der Waals surface area contributed by atoms with Crippen LogP contribution in [0, 0.1) is 6.92 Å². The molecule has 5 heteroatoms. The van der Waals surface area contributed by atoms with Crippen molar-refractivity contribution in [3.8, 4) is 22.8 Å². The van der Waals surface area contributed by atoms with Crippen LogP contribution in [0.25, 0.3) is 11.3 Å². The predicted octanol–water partition coefficient (Wildman–Crippen LogP) is 3.34. The van der Waals surface area contributed by atoms with E-state index in [1.54, 1.807) is 21.1 Å². The van der Waals surface area contributed by atoms with E-state index >= 15 is 0 Å². The van der Waals surface area contributed by atoms with E-state index in [0.717, 1.165) is 10.6 Å². The molecule has 1 heterocycles. The Morgan fingerprint density at radius 3 is 2.47 bits per heavy atom. The van der Waals surface area contributed by atoms with Gasteiger partial charge in [0.2, 0.25) is 0 Å². The zero-order valence-electron chi connectivity index (χ0n) is 11.3. The molecule has 0 N–H and O–H groups in total. The summed E-state index contributed by atoms with van der Waals surface area (Å²) in [6.07, 6.45) is 0. The van der Waals surface area contributed by atoms with E-state index in [1.807, 2.05) is 25.1 Å². The minimum atomic E-state index is 0.0235. The first-order valence-corrected chi connectivity index (χ1v) is 6.59. The van der Waals surface area contributed by atoms with Crippen LogP contribution in [0.1, 0.15) is 21.6 Å². The largest absolute Gasteiger partial charge is 0.493 e. The Labute approximate surface area is 116 Å². The van der Waals surface area contributed by atoms with Crippen molar-refractivity contribution in [1.82, 2.24) is 4.98 Å². The van der Waals surface area contributed by atoms with Gasteiger partial charge in [-0.25, -0.2) is 4.98 Å². The Hall–Kier alpha value is -1.88. The highest BCUT2D eigenvalue weighted by Gasteiger charge is 2.16. The summed E-state index contributed by atoms with van der Waals surface area (Å²) in [5.41, 5.74) is 1.56. The molecule has 0 radical (unpaired) electrons. The maximum atomic E-state index is 11.6. The third kappa shape index (κ3) is 2.61. The molecule has 1 aromatic carbocycles. The quantitative estimate of drug-likeness (QED) is 0.804. The first-order valence-electron chi connectivity index (χ1n) is 5.77. The van der Waals surface area contributed by atoms with Gasteiger partial charge in [0, 0.05) is 12.5 Å². The van der Waals surface area contributed by atoms with E-state index in [1.165, 1.54) is 11.3 Å². The highest BCUT2D eigenvalue weighted by molar-refractivity contribution is 7.14. The van der Waals surface area contributed by atoms with Gasteiger partial charge in [-0.15, -0.1) is 11.3 Å². The summed E-state index contributed by atoms with van der Waals surface area (Å²) in [6.45, 7) is 3.44. The summed E-state index contributed by atoms with van der Waals surface area (Å²) < 4.78 is 10.5. The molecule has 0 fully saturated rings. The molecule has 0 saturated heterocycles. The molecule has 0 spiro atoms. The summed E-state index contributed by atoms with van der Waals surface area (Å²) in [6, 6.07) is 5.52. The van der Waals surface area contributed by atoms with Gasteiger partial charge in [-0.1, -0.05) is 0 Å². The number of thiazole rings is 1. The van der Waals surface area contributed by atoms with E-state index in [4.69, 9.17) is 9.47 Å². The molecule has 0 amide bonds. The molecule has 19 heavy (non-hydrogen) atoms. The fourth-order valence-corrected chi connectivity index (χ4v) is 2.68. The van der Waals surface area contributed by atoms with Crippen LogP contribution in [0.15, 0.2) is 18.2 Å². The molecule has 0 unspecified atom stereocenters. The second-order valence-electron chi connectivity index (χ2n) is 4.04. The van der Waals surface area contributed by atoms with Crippen molar-refractivity contribution in [2.24, 2.45) is 0 Å². The molecule has 0 saturated carbocycles. The van der Waals surface area contributed by atoms with Crippen molar-refractivity contribution in [2.75, 3.05) is 14.2 Å². The normalized spacial score (nSPS) is 10.3. The number of carbonyl (C=O) groups is 1. The molecule has 4 nitrogen and oxygen atoms in total. The number of aromatic nitrogens is 1. The third-order valence-electron chi connectivity index (χ3n) is 2.71. The molecule has 2 rings (SSSR count). The van der Waals surface area contributed by atoms with Gasteiger partial charge in [0.1, 0.15) is 0 Å². The highest BCUT2D eigenvalue weighted by Crippen LogP contribution is 2.35. The maximum Gasteiger partial charge on any atom is 0.172 e. The van der Waals surface area contributed by atoms with Crippen LogP contribution in [0.5, 0.6) is 11.5 Å². The maximum absolute atomic E-state index is 11.6. The number of ketones is 1. The first kappa shape index (κ1) is 13.5. The van der Waals surface area contributed by atoms with Gasteiger partial charge in [-0.3, -0.25) is 4.79 Å². The van der Waals surface area contributed by atoms with Gasteiger partial charge < -0.3 is 9.47 Å². The molecular formula is C14H15NO3S. The average molecular weight is 277 g/mol. The van der Waals surface area contributed by atoms with Crippen molar-refractivity contribution >= 4 is 17.1 Å². The van der Waals surface area contributed by atoms with E-state index in [9.17, 15) is 4.79 Å². The molecule has 1 aromatic heterocycles. The number of hydrogen-bond donors (Lipinski definition) is 0. The van der Waals surface area contributed by atoms with Crippen LogP contribution in [0.2, 0.25) is 0 Å². The SMILES string of the molecule is COc1ccc(-c2nc(C)sc2C(C)=O)cc1OC. The van der Waals surface area contributed by atoms with E-state index < -0.39 is 0 Å². The molecule has 0 bridgehead atoms. The lowest BCUT2D eigenvalue weighted by Gasteiger charge is -2.09. The predicted molar refractivity (Wildman–Crippen MR) is 75.4 cm³/mol. The molecule has 2 aromatic rings. The Morgan fingerprint density at radius 1 is 1.21 bits per heavy atom. The van der Waals surface area contributed by atoms with Gasteiger partial charge in [0.25, 0.3) is 0 Å². The second kappa shape index (κ2) is 5.40. The fraction of sp³-hybridized carbons (Fsp3) is 0.286. The summed E-state index contributed by atoms with van der Waals surface area (Å²) in [7, 11) is 3.17. The highest BCUT2D eigenvalue weighted by atomic mass is 32.1. The number of hydrogen-bond acceptors (Lipinski definition) is 5. The average Bonchev–Trinajstić information content (AvgIpc) is 2.80. The summed E-state index contributed by atoms with van der Waals surface area (Å²) in [4.78, 5) is 16.8. The van der Waals surface area contributed by atoms with Crippen molar-refractivity contribution in [3.05, 3.63) is 28.1 Å². The van der Waals surface area contributed by atoms with Gasteiger partial charge in [-0.2, -0.15) is 0 Å². The monoisotopic (exact) mass is 277 g/mol. The lowest BCUT2D eigenvalue weighted by Crippen LogP contribution is -1.94. The number of benzene rings is 1. The van der Waals surface area contributed by atoms with Crippen LogP contribution < -0.4 is 9.47 Å². The second-order valence-corrected chi connectivity index (χ2v) is 5.24. The van der Waals surface area contributed by atoms with Gasteiger partial charge in [0.05, 0.1) is 29.8 Å². The first-order chi connectivity index (χ1) is 9.06. The molecule has 100 valence electrons. The smallest absolute Gasteiger partial charge is 0.172 e. The number of rotatable bonds is 4. The number of carbonyl (C=O) groups excluding carboxylic acids is 1. The van der Waals surface area contributed by atoms with Gasteiger partial charge in [-0.05, 0) is 25.1 Å². The lowest BCUT2D eigenvalue weighted by atomic mass is 10.1. The fourth-order valence-electron chi connectivity index (χ4n) is 1.84. The zero-order valence-corrected chi connectivity index (χ0v) is 12.1. The Balaban J connectivity index is 2.56. The third-order valence-corrected chi connectivity index (χ3v) is 3.78. The zero-order chi connectivity index (χ0) is 14.0. The summed E-state index contributed by atoms with van der Waals surface area (Å²) in [5, 5.41) is 0.870. The van der Waals surface area contributed by atoms with Gasteiger partial charge in [0.15, 0.2) is 17.3 Å². The van der Waals surface area contributed by atoms with Crippen molar-refractivity contribution in [3.63, 3.8) is 0 Å². The van der Waals surface area contributed by atoms with E-state index in [2.05, 4.69) is 4.98 Å². The lowest BCUT2D eigenvalue weighted by molar-refractivity contribution is 0.102. The minimum absolute atomic E-state index is 0.0235. The molecule has 0 aliphatic carbocycles. The van der Waals surface area contributed by atoms with Crippen LogP contribution in [-0.4, -0.2) is 25.0 Å². The van der Waals surface area contributed by atoms with Crippen molar-refractivity contribution in [2.45, 2.75) is 13.8 Å². The van der Waals surface area contributed by atoms with Crippen LogP contribution in [0.4, 0.5) is 0 Å². The van der Waals surface area contributed by atoms with Crippen LogP contribution in [-0.2, 0) is 0 Å². The standard InChI is InChI=1S/C14H15NO3S/c1-8(16)14-13(15-9(2)19-14)10-5-6-11(17-3)12(7-10)18-4/h5-7H,1-4H3. The molecule has 0 aliphatic heterocycles. The molecule has 0 atom stereocenters. The summed E-state index contributed by atoms with van der Waals surface area (Å²) >= 11 is 1.41. The van der Waals surface area contributed by atoms with Gasteiger partial charge >= 0.3 is 0 Å². The van der Waals surface area contributed by atoms with Crippen LogP contribution >= 0.6 is 11.3 Å². The van der Waals surface area contributed by atoms with E-state index in [-0.39, 0.29) is 5.78 Å². The summed E-state index contributed by atoms with van der Waals surface area (Å²) in [5.74, 6) is 1.30. The Kier molecular flexibility index (Phi) is 3.85. The minimum Gasteiger partial charge on any atom is -0.493 e. The molecular weight excluding hydrogens is 262 g/mol. The number of aryl methyl sites for hydroxylation is 1. The van der Waals surface area contributed by atoms with Crippen molar-refractivity contribution < 1.29 is 14.3 Å². The number of methoxy groups -OCH3 is 2. The Morgan fingerprint density at radius 2 is 1.89 bits per heavy atom. The van der Waals surface area contributed by atoms with Crippen LogP contribution in [0.3, 0.4) is 0 Å². The number of ether oxygens (including phenoxy) is 2. The number of nitrogens with zero attached hydrogens (tertiary/aromatic N) is 1. The Bertz CT molecular complexity index is 619. The topological polar surface area (TPSA) is 48.4 Å². The van der Waals surface area contributed by atoms with E-state index in [0.29, 0.717) is 22.1 Å². The van der Waals surface area contributed by atoms with Crippen molar-refractivity contribution in [1.29, 1.82) is 0 Å². The molecule has 0 aliphatic rings.